The van der Waals surface area contributed by atoms with Gasteiger partial charge in [0.15, 0.2) is 0 Å². The molecule has 3 heterocycles. The predicted octanol–water partition coefficient (Wildman–Crippen LogP) is 5.57. The normalized spacial score (nSPS) is 19.7. The number of fused-ring (bicyclic) bond motifs is 2. The maximum absolute atomic E-state index is 14.2. The number of aromatic nitrogens is 2. The van der Waals surface area contributed by atoms with Crippen molar-refractivity contribution >= 4 is 22.5 Å². The summed E-state index contributed by atoms with van der Waals surface area (Å²) in [6.07, 6.45) is 12.9. The highest BCUT2D eigenvalue weighted by Gasteiger charge is 2.44. The molecule has 7 heteroatoms. The molecule has 2 aliphatic heterocycles. The van der Waals surface area contributed by atoms with Gasteiger partial charge in [-0.05, 0) is 76.7 Å². The molecule has 1 saturated carbocycles. The Morgan fingerprint density at radius 2 is 2.00 bits per heavy atom. The molecule has 0 bridgehead atoms. The molecule has 2 fully saturated rings. The third-order valence-corrected chi connectivity index (χ3v) is 8.98. The van der Waals surface area contributed by atoms with E-state index in [0.717, 1.165) is 64.9 Å². The Morgan fingerprint density at radius 3 is 2.76 bits per heavy atom. The van der Waals surface area contributed by atoms with E-state index >= 15 is 0 Å². The first kappa shape index (κ1) is 27.5. The minimum absolute atomic E-state index is 0.0281. The molecule has 3 aromatic rings. The summed E-state index contributed by atoms with van der Waals surface area (Å²) in [7, 11) is 4.22. The minimum atomic E-state index is -0.0281. The van der Waals surface area contributed by atoms with Crippen molar-refractivity contribution in [1.82, 2.24) is 19.8 Å². The number of rotatable bonds is 7. The molecule has 1 atom stereocenters. The third kappa shape index (κ3) is 5.50. The summed E-state index contributed by atoms with van der Waals surface area (Å²) >= 11 is 0. The van der Waals surface area contributed by atoms with Crippen molar-refractivity contribution in [2.75, 3.05) is 38.7 Å². The molecule has 3 aliphatic rings. The molecule has 0 N–H and O–H groups in total. The van der Waals surface area contributed by atoms with Crippen molar-refractivity contribution in [3.8, 4) is 18.4 Å². The standard InChI is InChI=1S/C34H41N5O2/c1-6-25-12-10-13-26-17-23(2)18-27(30(25)26)32(40)38-19-28-29(20-38)35-33(41-22-34(14-15-34)21-37(4)5)36-31(28)39-16-9-7-8-11-24(39)3/h1,10,12-13,17-18,24H,7-9,11,14-16,19-22H2,2-5H3. The fourth-order valence-electron chi connectivity index (χ4n) is 6.70. The van der Waals surface area contributed by atoms with E-state index in [1.165, 1.54) is 25.7 Å². The molecule has 214 valence electrons. The zero-order chi connectivity index (χ0) is 28.7. The van der Waals surface area contributed by atoms with Crippen molar-refractivity contribution in [2.24, 2.45) is 5.41 Å². The first-order chi connectivity index (χ1) is 19.8. The Bertz CT molecular complexity index is 1520. The average Bonchev–Trinajstić information content (AvgIpc) is 3.63. The minimum Gasteiger partial charge on any atom is -0.463 e. The summed E-state index contributed by atoms with van der Waals surface area (Å²) in [6.45, 7) is 7.79. The van der Waals surface area contributed by atoms with Gasteiger partial charge in [-0.2, -0.15) is 9.97 Å². The highest BCUT2D eigenvalue weighted by Crippen LogP contribution is 2.46. The molecule has 41 heavy (non-hydrogen) atoms. The number of anilines is 1. The van der Waals surface area contributed by atoms with Crippen LogP contribution in [0.15, 0.2) is 30.3 Å². The van der Waals surface area contributed by atoms with Crippen LogP contribution in [0.2, 0.25) is 0 Å². The van der Waals surface area contributed by atoms with Crippen LogP contribution in [0.4, 0.5) is 5.82 Å². The molecule has 1 saturated heterocycles. The molecule has 2 aromatic carbocycles. The molecular formula is C34H41N5O2. The van der Waals surface area contributed by atoms with Gasteiger partial charge in [0.05, 0.1) is 25.4 Å². The van der Waals surface area contributed by atoms with Gasteiger partial charge in [0, 0.05) is 46.6 Å². The molecule has 1 aromatic heterocycles. The fourth-order valence-corrected chi connectivity index (χ4v) is 6.70. The van der Waals surface area contributed by atoms with Crippen molar-refractivity contribution in [1.29, 1.82) is 0 Å². The van der Waals surface area contributed by atoms with Crippen LogP contribution in [0.25, 0.3) is 10.8 Å². The van der Waals surface area contributed by atoms with Gasteiger partial charge in [0.2, 0.25) is 0 Å². The zero-order valence-corrected chi connectivity index (χ0v) is 24.9. The summed E-state index contributed by atoms with van der Waals surface area (Å²) in [5, 5.41) is 1.83. The van der Waals surface area contributed by atoms with Crippen LogP contribution in [0.1, 0.15) is 78.2 Å². The van der Waals surface area contributed by atoms with Gasteiger partial charge in [-0.15, -0.1) is 6.42 Å². The Morgan fingerprint density at radius 1 is 1.17 bits per heavy atom. The number of amides is 1. The smallest absolute Gasteiger partial charge is 0.318 e. The summed E-state index contributed by atoms with van der Waals surface area (Å²) in [4.78, 5) is 30.7. The second-order valence-electron chi connectivity index (χ2n) is 12.7. The first-order valence-corrected chi connectivity index (χ1v) is 15.0. The summed E-state index contributed by atoms with van der Waals surface area (Å²) in [6, 6.07) is 10.7. The largest absolute Gasteiger partial charge is 0.463 e. The van der Waals surface area contributed by atoms with Gasteiger partial charge in [-0.3, -0.25) is 4.79 Å². The second kappa shape index (κ2) is 11.0. The lowest BCUT2D eigenvalue weighted by molar-refractivity contribution is 0.0752. The topological polar surface area (TPSA) is 61.8 Å². The average molecular weight is 552 g/mol. The molecule has 7 nitrogen and oxygen atoms in total. The van der Waals surface area contributed by atoms with E-state index in [2.05, 4.69) is 42.8 Å². The fraction of sp³-hybridized carbons (Fsp3) is 0.500. The van der Waals surface area contributed by atoms with Crippen molar-refractivity contribution in [3.05, 3.63) is 58.3 Å². The van der Waals surface area contributed by atoms with Gasteiger partial charge in [0.1, 0.15) is 5.82 Å². The third-order valence-electron chi connectivity index (χ3n) is 8.98. The molecule has 1 amide bonds. The Labute approximate surface area is 243 Å². The number of carbonyl (C=O) groups is 1. The highest BCUT2D eigenvalue weighted by molar-refractivity contribution is 6.09. The van der Waals surface area contributed by atoms with E-state index in [-0.39, 0.29) is 11.3 Å². The van der Waals surface area contributed by atoms with E-state index in [1.807, 2.05) is 36.1 Å². The van der Waals surface area contributed by atoms with Crippen molar-refractivity contribution < 1.29 is 9.53 Å². The van der Waals surface area contributed by atoms with Crippen molar-refractivity contribution in [3.63, 3.8) is 0 Å². The lowest BCUT2D eigenvalue weighted by atomic mass is 9.96. The number of ether oxygens (including phenoxy) is 1. The van der Waals surface area contributed by atoms with E-state index < -0.39 is 0 Å². The van der Waals surface area contributed by atoms with E-state index in [1.54, 1.807) is 0 Å². The molecule has 0 radical (unpaired) electrons. The van der Waals surface area contributed by atoms with Crippen LogP contribution < -0.4 is 9.64 Å². The number of hydrogen-bond donors (Lipinski definition) is 0. The van der Waals surface area contributed by atoms with Crippen LogP contribution in [0.5, 0.6) is 6.01 Å². The van der Waals surface area contributed by atoms with E-state index in [4.69, 9.17) is 21.1 Å². The van der Waals surface area contributed by atoms with E-state index in [0.29, 0.717) is 37.3 Å². The summed E-state index contributed by atoms with van der Waals surface area (Å²) in [5.41, 5.74) is 4.54. The molecule has 1 aliphatic carbocycles. The maximum atomic E-state index is 14.2. The van der Waals surface area contributed by atoms with Gasteiger partial charge in [0.25, 0.3) is 5.91 Å². The van der Waals surface area contributed by atoms with Crippen molar-refractivity contribution in [2.45, 2.75) is 71.5 Å². The lowest BCUT2D eigenvalue weighted by Crippen LogP contribution is -2.34. The number of carbonyl (C=O) groups excluding carboxylic acids is 1. The number of nitrogens with zero attached hydrogens (tertiary/aromatic N) is 5. The molecular weight excluding hydrogens is 510 g/mol. The van der Waals surface area contributed by atoms with Crippen LogP contribution in [0, 0.1) is 24.7 Å². The number of terminal acetylenes is 1. The number of benzene rings is 2. The maximum Gasteiger partial charge on any atom is 0.318 e. The van der Waals surface area contributed by atoms with Gasteiger partial charge >= 0.3 is 6.01 Å². The molecule has 0 spiro atoms. The predicted molar refractivity (Wildman–Crippen MR) is 163 cm³/mol. The van der Waals surface area contributed by atoms with E-state index in [9.17, 15) is 4.79 Å². The second-order valence-corrected chi connectivity index (χ2v) is 12.7. The quantitative estimate of drug-likeness (QED) is 0.358. The summed E-state index contributed by atoms with van der Waals surface area (Å²) < 4.78 is 6.34. The number of aryl methyl sites for hydroxylation is 1. The highest BCUT2D eigenvalue weighted by atomic mass is 16.5. The monoisotopic (exact) mass is 551 g/mol. The number of hydrogen-bond acceptors (Lipinski definition) is 6. The Balaban J connectivity index is 1.35. The molecule has 1 unspecified atom stereocenters. The van der Waals surface area contributed by atoms with Crippen LogP contribution in [-0.2, 0) is 13.1 Å². The van der Waals surface area contributed by atoms with Gasteiger partial charge in [-0.1, -0.05) is 37.0 Å². The Hall–Kier alpha value is -3.63. The van der Waals surface area contributed by atoms with Crippen LogP contribution in [-0.4, -0.2) is 65.5 Å². The zero-order valence-electron chi connectivity index (χ0n) is 24.9. The first-order valence-electron chi connectivity index (χ1n) is 15.0. The lowest BCUT2D eigenvalue weighted by Gasteiger charge is -2.30. The van der Waals surface area contributed by atoms with Crippen LogP contribution >= 0.6 is 0 Å². The van der Waals surface area contributed by atoms with Crippen LogP contribution in [0.3, 0.4) is 0 Å². The van der Waals surface area contributed by atoms with Gasteiger partial charge in [-0.25, -0.2) is 0 Å². The summed E-state index contributed by atoms with van der Waals surface area (Å²) in [5.74, 6) is 3.69. The van der Waals surface area contributed by atoms with Gasteiger partial charge < -0.3 is 19.4 Å². The molecule has 6 rings (SSSR count). The SMILES string of the molecule is C#Cc1cccc2cc(C)cc(C(=O)N3Cc4nc(OCC5(CN(C)C)CC5)nc(N5CCCCCC5C)c4C3)c12. The Kier molecular flexibility index (Phi) is 7.37.